The molecule has 0 spiro atoms. The monoisotopic (exact) mass is 412 g/mol. The van der Waals surface area contributed by atoms with E-state index in [1.54, 1.807) is 12.1 Å². The molecule has 0 radical (unpaired) electrons. The summed E-state index contributed by atoms with van der Waals surface area (Å²) in [5, 5.41) is 17.0. The summed E-state index contributed by atoms with van der Waals surface area (Å²) in [6, 6.07) is 14.1. The van der Waals surface area contributed by atoms with E-state index >= 15 is 0 Å². The summed E-state index contributed by atoms with van der Waals surface area (Å²) in [5.74, 6) is -1.41. The predicted molar refractivity (Wildman–Crippen MR) is 107 cm³/mol. The largest absolute Gasteiger partial charge is 0.324 e. The zero-order chi connectivity index (χ0) is 20.8. The van der Waals surface area contributed by atoms with Crippen LogP contribution in [-0.2, 0) is 0 Å². The van der Waals surface area contributed by atoms with Crippen molar-refractivity contribution in [2.24, 2.45) is 5.10 Å². The van der Waals surface area contributed by atoms with Gasteiger partial charge >= 0.3 is 5.00 Å². The highest BCUT2D eigenvalue weighted by Crippen LogP contribution is 2.22. The molecule has 0 aliphatic carbocycles. The molecule has 1 aromatic heterocycles. The van der Waals surface area contributed by atoms with Crippen LogP contribution in [0.25, 0.3) is 0 Å². The first-order valence-corrected chi connectivity index (χ1v) is 8.98. The number of nitrogens with one attached hydrogen (secondary N) is 2. The molecule has 0 saturated heterocycles. The van der Waals surface area contributed by atoms with E-state index < -0.39 is 22.6 Å². The molecule has 0 fully saturated rings. The first-order chi connectivity index (χ1) is 13.9. The maximum atomic E-state index is 12.9. The number of halogens is 1. The maximum Gasteiger partial charge on any atom is 0.324 e. The second-order valence-electron chi connectivity index (χ2n) is 5.67. The number of carbonyl (C=O) groups excluding carboxylic acids is 2. The Bertz CT molecular complexity index is 1100. The van der Waals surface area contributed by atoms with Gasteiger partial charge in [0.2, 0.25) is 0 Å². The Morgan fingerprint density at radius 3 is 2.48 bits per heavy atom. The molecular formula is C19H13FN4O4S. The molecular weight excluding hydrogens is 399 g/mol. The van der Waals surface area contributed by atoms with Gasteiger partial charge in [0, 0.05) is 22.9 Å². The van der Waals surface area contributed by atoms with Crippen molar-refractivity contribution in [1.82, 2.24) is 5.43 Å². The predicted octanol–water partition coefficient (Wildman–Crippen LogP) is 3.81. The SMILES string of the molecule is O=C(N/N=C/c1ccc([N+](=O)[O-])s1)c1cccc(NC(=O)c2ccc(F)cc2)c1. The summed E-state index contributed by atoms with van der Waals surface area (Å²) < 4.78 is 12.9. The molecule has 3 rings (SSSR count). The smallest absolute Gasteiger partial charge is 0.322 e. The fourth-order valence-electron chi connectivity index (χ4n) is 2.27. The molecule has 0 bridgehead atoms. The molecule has 10 heteroatoms. The zero-order valence-corrected chi connectivity index (χ0v) is 15.5. The zero-order valence-electron chi connectivity index (χ0n) is 14.7. The van der Waals surface area contributed by atoms with E-state index in [-0.39, 0.29) is 16.1 Å². The summed E-state index contributed by atoms with van der Waals surface area (Å²) >= 11 is 0.926. The number of hydrazone groups is 1. The van der Waals surface area contributed by atoms with Crippen molar-refractivity contribution in [2.75, 3.05) is 5.32 Å². The van der Waals surface area contributed by atoms with Crippen LogP contribution in [0.15, 0.2) is 65.8 Å². The first-order valence-electron chi connectivity index (χ1n) is 8.17. The van der Waals surface area contributed by atoms with E-state index in [2.05, 4.69) is 15.8 Å². The van der Waals surface area contributed by atoms with Crippen LogP contribution >= 0.6 is 11.3 Å². The number of carbonyl (C=O) groups is 2. The number of hydrogen-bond donors (Lipinski definition) is 2. The van der Waals surface area contributed by atoms with Gasteiger partial charge in [0.25, 0.3) is 11.8 Å². The fourth-order valence-corrected chi connectivity index (χ4v) is 2.97. The minimum Gasteiger partial charge on any atom is -0.322 e. The highest BCUT2D eigenvalue weighted by Gasteiger charge is 2.10. The maximum absolute atomic E-state index is 12.9. The van der Waals surface area contributed by atoms with Crippen molar-refractivity contribution in [1.29, 1.82) is 0 Å². The molecule has 29 heavy (non-hydrogen) atoms. The molecule has 0 aliphatic rings. The molecule has 8 nitrogen and oxygen atoms in total. The standard InChI is InChI=1S/C19H13FN4O4S/c20-14-6-4-12(5-7-14)18(25)22-15-3-1-2-13(10-15)19(26)23-21-11-16-8-9-17(29-16)24(27)28/h1-11H,(H,22,25)(H,23,26)/b21-11+. The van der Waals surface area contributed by atoms with Gasteiger partial charge in [0.15, 0.2) is 0 Å². The quantitative estimate of drug-likeness (QED) is 0.364. The first kappa shape index (κ1) is 19.8. The minimum absolute atomic E-state index is 0.0256. The van der Waals surface area contributed by atoms with E-state index in [0.29, 0.717) is 10.6 Å². The van der Waals surface area contributed by atoms with E-state index in [1.807, 2.05) is 0 Å². The molecule has 0 saturated carbocycles. The van der Waals surface area contributed by atoms with Gasteiger partial charge < -0.3 is 5.32 Å². The minimum atomic E-state index is -0.523. The summed E-state index contributed by atoms with van der Waals surface area (Å²) in [6.07, 6.45) is 1.30. The Morgan fingerprint density at radius 1 is 1.03 bits per heavy atom. The lowest BCUT2D eigenvalue weighted by molar-refractivity contribution is -0.380. The summed E-state index contributed by atoms with van der Waals surface area (Å²) in [5.41, 5.74) is 3.22. The average Bonchev–Trinajstić information content (AvgIpc) is 3.18. The highest BCUT2D eigenvalue weighted by atomic mass is 32.1. The van der Waals surface area contributed by atoms with Gasteiger partial charge in [-0.05, 0) is 48.5 Å². The number of amides is 2. The van der Waals surface area contributed by atoms with Crippen LogP contribution < -0.4 is 10.7 Å². The van der Waals surface area contributed by atoms with Crippen LogP contribution in [-0.4, -0.2) is 23.0 Å². The van der Waals surface area contributed by atoms with Crippen molar-refractivity contribution in [3.8, 4) is 0 Å². The number of rotatable bonds is 6. The number of nitrogens with zero attached hydrogens (tertiary/aromatic N) is 2. The van der Waals surface area contributed by atoms with Crippen molar-refractivity contribution in [2.45, 2.75) is 0 Å². The van der Waals surface area contributed by atoms with Crippen LogP contribution in [0, 0.1) is 15.9 Å². The molecule has 2 N–H and O–H groups in total. The third kappa shape index (κ3) is 5.30. The molecule has 0 atom stereocenters. The van der Waals surface area contributed by atoms with Crippen LogP contribution in [0.1, 0.15) is 25.6 Å². The number of nitro groups is 1. The molecule has 0 aliphatic heterocycles. The van der Waals surface area contributed by atoms with Crippen LogP contribution in [0.5, 0.6) is 0 Å². The van der Waals surface area contributed by atoms with Gasteiger partial charge in [-0.1, -0.05) is 17.4 Å². The second-order valence-corrected chi connectivity index (χ2v) is 6.77. The lowest BCUT2D eigenvalue weighted by Gasteiger charge is -2.07. The third-order valence-corrected chi connectivity index (χ3v) is 4.61. The van der Waals surface area contributed by atoms with Gasteiger partial charge in [0.05, 0.1) is 16.0 Å². The lowest BCUT2D eigenvalue weighted by Crippen LogP contribution is -2.18. The number of hydrogen-bond acceptors (Lipinski definition) is 6. The van der Waals surface area contributed by atoms with E-state index in [1.165, 1.54) is 54.7 Å². The Labute approximate surface area is 167 Å². The van der Waals surface area contributed by atoms with Crippen molar-refractivity contribution < 1.29 is 18.9 Å². The third-order valence-electron chi connectivity index (χ3n) is 3.64. The average molecular weight is 412 g/mol. The Balaban J connectivity index is 1.62. The highest BCUT2D eigenvalue weighted by molar-refractivity contribution is 7.16. The van der Waals surface area contributed by atoms with Crippen molar-refractivity contribution in [3.05, 3.63) is 92.6 Å². The number of anilines is 1. The number of benzene rings is 2. The topological polar surface area (TPSA) is 114 Å². The van der Waals surface area contributed by atoms with Crippen LogP contribution in [0.4, 0.5) is 15.1 Å². The van der Waals surface area contributed by atoms with E-state index in [0.717, 1.165) is 11.3 Å². The normalized spacial score (nSPS) is 10.7. The van der Waals surface area contributed by atoms with E-state index in [4.69, 9.17) is 0 Å². The van der Waals surface area contributed by atoms with Gasteiger partial charge in [-0.25, -0.2) is 9.82 Å². The number of thiophene rings is 1. The fraction of sp³-hybridized carbons (Fsp3) is 0. The summed E-state index contributed by atoms with van der Waals surface area (Å²) in [7, 11) is 0. The molecule has 3 aromatic rings. The Morgan fingerprint density at radius 2 is 1.79 bits per heavy atom. The summed E-state index contributed by atoms with van der Waals surface area (Å²) in [6.45, 7) is 0. The Kier molecular flexibility index (Phi) is 6.05. The molecule has 146 valence electrons. The lowest BCUT2D eigenvalue weighted by atomic mass is 10.1. The van der Waals surface area contributed by atoms with Crippen LogP contribution in [0.2, 0.25) is 0 Å². The molecule has 2 aromatic carbocycles. The van der Waals surface area contributed by atoms with Gasteiger partial charge in [-0.15, -0.1) is 0 Å². The summed E-state index contributed by atoms with van der Waals surface area (Å²) in [4.78, 5) is 35.0. The van der Waals surface area contributed by atoms with Gasteiger partial charge in [0.1, 0.15) is 5.82 Å². The molecule has 1 heterocycles. The van der Waals surface area contributed by atoms with Gasteiger partial charge in [-0.2, -0.15) is 5.10 Å². The van der Waals surface area contributed by atoms with Gasteiger partial charge in [-0.3, -0.25) is 19.7 Å². The van der Waals surface area contributed by atoms with E-state index in [9.17, 15) is 24.1 Å². The van der Waals surface area contributed by atoms with Crippen molar-refractivity contribution >= 4 is 40.1 Å². The molecule has 2 amide bonds. The van der Waals surface area contributed by atoms with Crippen molar-refractivity contribution in [3.63, 3.8) is 0 Å². The Hall–Kier alpha value is -3.92. The second kappa shape index (κ2) is 8.85. The van der Waals surface area contributed by atoms with Crippen LogP contribution in [0.3, 0.4) is 0 Å². The molecule has 0 unspecified atom stereocenters.